The molecular formula is C72H47N3S2. The van der Waals surface area contributed by atoms with Crippen molar-refractivity contribution in [2.75, 3.05) is 9.80 Å². The number of nitrogens with zero attached hydrogens (tertiary/aromatic N) is 3. The van der Waals surface area contributed by atoms with E-state index in [9.17, 15) is 0 Å². The lowest BCUT2D eigenvalue weighted by molar-refractivity contribution is 1.17. The molecule has 13 aromatic rings. The van der Waals surface area contributed by atoms with Gasteiger partial charge in [0.05, 0.1) is 33.8 Å². The highest BCUT2D eigenvalue weighted by Gasteiger charge is 2.26. The summed E-state index contributed by atoms with van der Waals surface area (Å²) in [7, 11) is 0. The van der Waals surface area contributed by atoms with Crippen molar-refractivity contribution in [1.82, 2.24) is 4.57 Å². The molecule has 5 heteroatoms. The number of benzene rings is 12. The molecular weight excluding hydrogens is 971 g/mol. The Hall–Kier alpha value is -9.26. The molecule has 15 rings (SSSR count). The average molecular weight is 1020 g/mol. The van der Waals surface area contributed by atoms with Crippen LogP contribution in [0.4, 0.5) is 34.1 Å². The lowest BCUT2D eigenvalue weighted by atomic mass is 9.97. The van der Waals surface area contributed by atoms with Crippen molar-refractivity contribution in [2.45, 2.75) is 19.6 Å². The predicted molar refractivity (Wildman–Crippen MR) is 326 cm³/mol. The fourth-order valence-electron chi connectivity index (χ4n) is 11.4. The summed E-state index contributed by atoms with van der Waals surface area (Å²) < 4.78 is 2.42. The first-order valence-corrected chi connectivity index (χ1v) is 27.8. The number of aromatic nitrogens is 1. The second-order valence-electron chi connectivity index (χ2n) is 19.7. The van der Waals surface area contributed by atoms with Crippen LogP contribution >= 0.6 is 23.5 Å². The molecule has 0 amide bonds. The van der Waals surface area contributed by atoms with Gasteiger partial charge in [0, 0.05) is 47.4 Å². The van der Waals surface area contributed by atoms with Gasteiger partial charge in [0.2, 0.25) is 0 Å². The topological polar surface area (TPSA) is 11.4 Å². The van der Waals surface area contributed by atoms with Crippen molar-refractivity contribution in [3.05, 3.63) is 285 Å². The summed E-state index contributed by atoms with van der Waals surface area (Å²) in [6.07, 6.45) is 0. The first kappa shape index (κ1) is 45.2. The smallest absolute Gasteiger partial charge is 0.0601 e. The molecule has 12 aromatic carbocycles. The Morgan fingerprint density at radius 3 is 0.818 bits per heavy atom. The van der Waals surface area contributed by atoms with Crippen LogP contribution in [0.2, 0.25) is 0 Å². The van der Waals surface area contributed by atoms with E-state index in [-0.39, 0.29) is 0 Å². The van der Waals surface area contributed by atoms with Crippen molar-refractivity contribution >= 4 is 79.5 Å². The van der Waals surface area contributed by atoms with Gasteiger partial charge in [-0.05, 0) is 165 Å². The highest BCUT2D eigenvalue weighted by atomic mass is 32.2. The normalized spacial score (nSPS) is 12.5. The van der Waals surface area contributed by atoms with Crippen molar-refractivity contribution in [3.63, 3.8) is 0 Å². The Morgan fingerprint density at radius 2 is 0.468 bits per heavy atom. The van der Waals surface area contributed by atoms with Crippen LogP contribution in [0.5, 0.6) is 0 Å². The van der Waals surface area contributed by atoms with E-state index in [0.717, 1.165) is 17.1 Å². The Labute approximate surface area is 457 Å². The van der Waals surface area contributed by atoms with Crippen LogP contribution in [-0.2, 0) is 0 Å². The number of hydrogen-bond acceptors (Lipinski definition) is 4. The number of fused-ring (bicyclic) bond motifs is 7. The van der Waals surface area contributed by atoms with Crippen LogP contribution in [0, 0.1) is 0 Å². The molecule has 0 unspecified atom stereocenters. The van der Waals surface area contributed by atoms with E-state index in [2.05, 4.69) is 299 Å². The molecule has 0 saturated heterocycles. The summed E-state index contributed by atoms with van der Waals surface area (Å²) in [5.41, 5.74) is 22.6. The minimum atomic E-state index is 1.14. The standard InChI is InChI=1S/C72H47N3S2/c1-2-12-48(13-3-1)51-30-38-58(39-31-51)73-63-44-36-56(54-26-22-49(23-27-54)52-32-40-59(41-33-52)74-65-14-4-8-18-69(65)76-70-19-9-5-15-66(70)74)46-61(63)62-47-57(37-45-64(62)73)55-28-24-50(25-29-55)53-34-42-60(43-35-53)75-67-16-6-10-20-71(67)77-72-21-11-7-17-68(72)75/h1-47H. The van der Waals surface area contributed by atoms with Crippen molar-refractivity contribution < 1.29 is 0 Å². The maximum atomic E-state index is 2.42. The second kappa shape index (κ2) is 18.8. The zero-order valence-corrected chi connectivity index (χ0v) is 43.4. The third kappa shape index (κ3) is 8.02. The van der Waals surface area contributed by atoms with Crippen LogP contribution in [0.1, 0.15) is 0 Å². The minimum absolute atomic E-state index is 1.14. The molecule has 0 saturated carbocycles. The number of hydrogen-bond donors (Lipinski definition) is 0. The van der Waals surface area contributed by atoms with Gasteiger partial charge in [-0.3, -0.25) is 0 Å². The molecule has 3 nitrogen and oxygen atoms in total. The third-order valence-electron chi connectivity index (χ3n) is 15.2. The number of para-hydroxylation sites is 4. The Bertz CT molecular complexity index is 4020. The van der Waals surface area contributed by atoms with Crippen molar-refractivity contribution in [2.24, 2.45) is 0 Å². The van der Waals surface area contributed by atoms with Gasteiger partial charge < -0.3 is 14.4 Å². The van der Waals surface area contributed by atoms with E-state index < -0.39 is 0 Å². The van der Waals surface area contributed by atoms with Gasteiger partial charge in [0.25, 0.3) is 0 Å². The summed E-state index contributed by atoms with van der Waals surface area (Å²) in [6, 6.07) is 104. The molecule has 0 atom stereocenters. The van der Waals surface area contributed by atoms with Crippen LogP contribution in [0.25, 0.3) is 83.1 Å². The Morgan fingerprint density at radius 1 is 0.208 bits per heavy atom. The highest BCUT2D eigenvalue weighted by molar-refractivity contribution is 8.00. The molecule has 2 aliphatic heterocycles. The largest absolute Gasteiger partial charge is 0.309 e. The molecule has 0 N–H and O–H groups in total. The van der Waals surface area contributed by atoms with Gasteiger partial charge in [-0.15, -0.1) is 0 Å². The molecule has 1 aromatic heterocycles. The Kier molecular flexibility index (Phi) is 11.0. The van der Waals surface area contributed by atoms with Crippen LogP contribution in [0.15, 0.2) is 305 Å². The van der Waals surface area contributed by atoms with E-state index in [1.165, 1.54) is 120 Å². The summed E-state index contributed by atoms with van der Waals surface area (Å²) in [5, 5.41) is 2.44. The van der Waals surface area contributed by atoms with Crippen LogP contribution in [0.3, 0.4) is 0 Å². The van der Waals surface area contributed by atoms with Gasteiger partial charge >= 0.3 is 0 Å². The van der Waals surface area contributed by atoms with Crippen molar-refractivity contribution in [1.29, 1.82) is 0 Å². The highest BCUT2D eigenvalue weighted by Crippen LogP contribution is 2.53. The van der Waals surface area contributed by atoms with E-state index in [1.807, 2.05) is 23.5 Å². The van der Waals surface area contributed by atoms with Gasteiger partial charge in [-0.2, -0.15) is 0 Å². The average Bonchev–Trinajstić information content (AvgIpc) is 3.88. The first-order chi connectivity index (χ1) is 38.1. The summed E-state index contributed by atoms with van der Waals surface area (Å²) in [5.74, 6) is 0. The Balaban J connectivity index is 0.751. The zero-order chi connectivity index (χ0) is 50.8. The molecule has 0 fully saturated rings. The monoisotopic (exact) mass is 1020 g/mol. The number of rotatable bonds is 8. The lowest BCUT2D eigenvalue weighted by Gasteiger charge is -2.32. The minimum Gasteiger partial charge on any atom is -0.309 e. The van der Waals surface area contributed by atoms with E-state index in [0.29, 0.717) is 0 Å². The van der Waals surface area contributed by atoms with Crippen molar-refractivity contribution in [3.8, 4) is 61.3 Å². The molecule has 0 aliphatic carbocycles. The molecule has 0 spiro atoms. The fraction of sp³-hybridized carbons (Fsp3) is 0. The quantitative estimate of drug-likeness (QED) is 0.150. The molecule has 362 valence electrons. The predicted octanol–water partition coefficient (Wildman–Crippen LogP) is 21.0. The van der Waals surface area contributed by atoms with Gasteiger partial charge in [-0.25, -0.2) is 0 Å². The van der Waals surface area contributed by atoms with E-state index in [4.69, 9.17) is 0 Å². The summed E-state index contributed by atoms with van der Waals surface area (Å²) in [6.45, 7) is 0. The van der Waals surface area contributed by atoms with E-state index in [1.54, 1.807) is 0 Å². The third-order valence-corrected chi connectivity index (χ3v) is 17.5. The summed E-state index contributed by atoms with van der Waals surface area (Å²) in [4.78, 5) is 9.83. The zero-order valence-electron chi connectivity index (χ0n) is 41.8. The van der Waals surface area contributed by atoms with Crippen LogP contribution < -0.4 is 9.80 Å². The fourth-order valence-corrected chi connectivity index (χ4v) is 13.5. The maximum absolute atomic E-state index is 2.42. The van der Waals surface area contributed by atoms with Gasteiger partial charge in [-0.1, -0.05) is 199 Å². The summed E-state index contributed by atoms with van der Waals surface area (Å²) >= 11 is 3.67. The van der Waals surface area contributed by atoms with Gasteiger partial charge in [0.15, 0.2) is 0 Å². The van der Waals surface area contributed by atoms with Crippen LogP contribution in [-0.4, -0.2) is 4.57 Å². The number of anilines is 6. The molecule has 0 bridgehead atoms. The van der Waals surface area contributed by atoms with Gasteiger partial charge in [0.1, 0.15) is 0 Å². The molecule has 77 heavy (non-hydrogen) atoms. The molecule has 2 aliphatic rings. The maximum Gasteiger partial charge on any atom is 0.0601 e. The second-order valence-corrected chi connectivity index (χ2v) is 21.9. The lowest BCUT2D eigenvalue weighted by Crippen LogP contribution is -2.14. The molecule has 0 radical (unpaired) electrons. The van der Waals surface area contributed by atoms with E-state index >= 15 is 0 Å². The molecule has 3 heterocycles. The first-order valence-electron chi connectivity index (χ1n) is 26.1. The SMILES string of the molecule is c1ccc(-c2ccc(-n3c4ccc(-c5ccc(-c6ccc(N7c8ccccc8Sc8ccccc87)cc6)cc5)cc4c4cc(-c5ccc(-c6ccc(N7c8ccccc8Sc8ccccc87)cc6)cc5)ccc43)cc2)cc1.